The standard InChI is InChI=1S/C22H21NO2/c24-22(25)13-12-18-6-4-17(5-7-18)8-9-19-2-1-3-21(14-19)16-23-15-20-10-11-20/h1-7,12-14,20,23H,10-11,15-16H2,(H,24,25)/b13-12+. The third-order valence-electron chi connectivity index (χ3n) is 4.07. The molecule has 0 aliphatic heterocycles. The van der Waals surface area contributed by atoms with Crippen LogP contribution in [0.1, 0.15) is 35.1 Å². The fourth-order valence-electron chi connectivity index (χ4n) is 2.49. The third-order valence-corrected chi connectivity index (χ3v) is 4.07. The summed E-state index contributed by atoms with van der Waals surface area (Å²) in [5.74, 6) is 6.28. The zero-order chi connectivity index (χ0) is 17.5. The summed E-state index contributed by atoms with van der Waals surface area (Å²) in [6.45, 7) is 2.00. The number of aliphatic carboxylic acids is 1. The van der Waals surface area contributed by atoms with Gasteiger partial charge in [0.2, 0.25) is 0 Å². The zero-order valence-electron chi connectivity index (χ0n) is 14.0. The van der Waals surface area contributed by atoms with E-state index in [1.54, 1.807) is 6.08 Å². The molecule has 0 bridgehead atoms. The van der Waals surface area contributed by atoms with Gasteiger partial charge in [0.15, 0.2) is 0 Å². The maximum absolute atomic E-state index is 10.5. The normalized spacial score (nSPS) is 13.4. The van der Waals surface area contributed by atoms with Crippen LogP contribution < -0.4 is 5.32 Å². The van der Waals surface area contributed by atoms with Gasteiger partial charge in [-0.3, -0.25) is 0 Å². The van der Waals surface area contributed by atoms with Crippen LogP contribution in [0.15, 0.2) is 54.6 Å². The van der Waals surface area contributed by atoms with Crippen LogP contribution in [0, 0.1) is 17.8 Å². The highest BCUT2D eigenvalue weighted by molar-refractivity contribution is 5.85. The number of benzene rings is 2. The first-order valence-electron chi connectivity index (χ1n) is 8.52. The van der Waals surface area contributed by atoms with Crippen molar-refractivity contribution in [3.05, 3.63) is 76.9 Å². The highest BCUT2D eigenvalue weighted by Crippen LogP contribution is 2.27. The first-order valence-corrected chi connectivity index (χ1v) is 8.52. The molecule has 1 aliphatic rings. The average Bonchev–Trinajstić information content (AvgIpc) is 3.44. The maximum Gasteiger partial charge on any atom is 0.328 e. The van der Waals surface area contributed by atoms with Gasteiger partial charge in [0, 0.05) is 23.7 Å². The number of carboxylic acid groups (broad SMARTS) is 1. The summed E-state index contributed by atoms with van der Waals surface area (Å²) < 4.78 is 0. The van der Waals surface area contributed by atoms with Gasteiger partial charge < -0.3 is 10.4 Å². The highest BCUT2D eigenvalue weighted by Gasteiger charge is 2.19. The summed E-state index contributed by atoms with van der Waals surface area (Å²) in [4.78, 5) is 10.5. The van der Waals surface area contributed by atoms with Crippen LogP contribution in [0.3, 0.4) is 0 Å². The molecule has 0 saturated heterocycles. The second kappa shape index (κ2) is 8.32. The Balaban J connectivity index is 1.60. The van der Waals surface area contributed by atoms with Gasteiger partial charge in [0.05, 0.1) is 0 Å². The minimum absolute atomic E-state index is 0.844. The highest BCUT2D eigenvalue weighted by atomic mass is 16.4. The van der Waals surface area contributed by atoms with Crippen molar-refractivity contribution < 1.29 is 9.90 Å². The lowest BCUT2D eigenvalue weighted by Gasteiger charge is -2.04. The van der Waals surface area contributed by atoms with Crippen molar-refractivity contribution in [3.8, 4) is 11.8 Å². The largest absolute Gasteiger partial charge is 0.478 e. The van der Waals surface area contributed by atoms with Gasteiger partial charge in [-0.15, -0.1) is 0 Å². The molecular formula is C22H21NO2. The fraction of sp³-hybridized carbons (Fsp3) is 0.227. The number of nitrogens with one attached hydrogen (secondary N) is 1. The second-order valence-electron chi connectivity index (χ2n) is 6.32. The molecule has 0 atom stereocenters. The minimum atomic E-state index is -0.949. The van der Waals surface area contributed by atoms with E-state index in [1.165, 1.54) is 18.4 Å². The Labute approximate surface area is 148 Å². The molecule has 25 heavy (non-hydrogen) atoms. The minimum Gasteiger partial charge on any atom is -0.478 e. The molecular weight excluding hydrogens is 310 g/mol. The summed E-state index contributed by atoms with van der Waals surface area (Å²) in [6.07, 6.45) is 5.42. The van der Waals surface area contributed by atoms with E-state index in [-0.39, 0.29) is 0 Å². The number of carboxylic acids is 1. The lowest BCUT2D eigenvalue weighted by Crippen LogP contribution is -2.16. The van der Waals surface area contributed by atoms with E-state index in [0.717, 1.165) is 41.8 Å². The molecule has 0 radical (unpaired) electrons. The summed E-state index contributed by atoms with van der Waals surface area (Å²) in [5.41, 5.74) is 4.00. The van der Waals surface area contributed by atoms with Crippen LogP contribution in [0.5, 0.6) is 0 Å². The van der Waals surface area contributed by atoms with E-state index in [0.29, 0.717) is 0 Å². The Bertz CT molecular complexity index is 821. The van der Waals surface area contributed by atoms with E-state index < -0.39 is 5.97 Å². The predicted octanol–water partition coefficient (Wildman–Crippen LogP) is 3.68. The molecule has 0 spiro atoms. The molecule has 3 nitrogen and oxygen atoms in total. The molecule has 2 aromatic carbocycles. The molecule has 1 aliphatic carbocycles. The van der Waals surface area contributed by atoms with Crippen molar-refractivity contribution in [1.29, 1.82) is 0 Å². The Hall–Kier alpha value is -2.83. The van der Waals surface area contributed by atoms with Crippen LogP contribution in [-0.2, 0) is 11.3 Å². The monoisotopic (exact) mass is 331 g/mol. The summed E-state index contributed by atoms with van der Waals surface area (Å²) in [5, 5.41) is 12.1. The van der Waals surface area contributed by atoms with Crippen molar-refractivity contribution in [2.75, 3.05) is 6.54 Å². The van der Waals surface area contributed by atoms with E-state index in [2.05, 4.69) is 29.3 Å². The van der Waals surface area contributed by atoms with Gasteiger partial charge in [-0.25, -0.2) is 4.79 Å². The van der Waals surface area contributed by atoms with Crippen molar-refractivity contribution in [2.45, 2.75) is 19.4 Å². The smallest absolute Gasteiger partial charge is 0.328 e. The average molecular weight is 331 g/mol. The summed E-state index contributed by atoms with van der Waals surface area (Å²) >= 11 is 0. The SMILES string of the molecule is O=C(O)/C=C/c1ccc(C#Cc2cccc(CNCC3CC3)c2)cc1. The number of hydrogen-bond acceptors (Lipinski definition) is 2. The molecule has 0 heterocycles. The quantitative estimate of drug-likeness (QED) is 0.627. The van der Waals surface area contributed by atoms with Gasteiger partial charge in [-0.05, 0) is 66.8 Å². The lowest BCUT2D eigenvalue weighted by molar-refractivity contribution is -0.131. The Kier molecular flexibility index (Phi) is 5.66. The van der Waals surface area contributed by atoms with E-state index >= 15 is 0 Å². The van der Waals surface area contributed by atoms with Crippen molar-refractivity contribution in [3.63, 3.8) is 0 Å². The zero-order valence-corrected chi connectivity index (χ0v) is 14.0. The van der Waals surface area contributed by atoms with Gasteiger partial charge in [0.1, 0.15) is 0 Å². The molecule has 0 aromatic heterocycles. The Morgan fingerprint density at radius 1 is 1.12 bits per heavy atom. The van der Waals surface area contributed by atoms with Crippen molar-refractivity contribution in [1.82, 2.24) is 5.32 Å². The summed E-state index contributed by atoms with van der Waals surface area (Å²) in [7, 11) is 0. The third kappa shape index (κ3) is 5.95. The fourth-order valence-corrected chi connectivity index (χ4v) is 2.49. The van der Waals surface area contributed by atoms with Crippen LogP contribution in [0.25, 0.3) is 6.08 Å². The van der Waals surface area contributed by atoms with E-state index in [1.807, 2.05) is 36.4 Å². The van der Waals surface area contributed by atoms with Gasteiger partial charge in [-0.1, -0.05) is 36.1 Å². The number of rotatable bonds is 6. The van der Waals surface area contributed by atoms with Crippen LogP contribution in [0.4, 0.5) is 0 Å². The van der Waals surface area contributed by atoms with Crippen molar-refractivity contribution in [2.24, 2.45) is 5.92 Å². The topological polar surface area (TPSA) is 49.3 Å². The van der Waals surface area contributed by atoms with Crippen LogP contribution in [0.2, 0.25) is 0 Å². The second-order valence-corrected chi connectivity index (χ2v) is 6.32. The van der Waals surface area contributed by atoms with Gasteiger partial charge >= 0.3 is 5.97 Å². The molecule has 2 aromatic rings. The molecule has 1 fully saturated rings. The molecule has 3 heteroatoms. The predicted molar refractivity (Wildman–Crippen MR) is 100.0 cm³/mol. The lowest BCUT2D eigenvalue weighted by atomic mass is 10.1. The van der Waals surface area contributed by atoms with Crippen LogP contribution >= 0.6 is 0 Å². The molecule has 2 N–H and O–H groups in total. The summed E-state index contributed by atoms with van der Waals surface area (Å²) in [6, 6.07) is 15.8. The maximum atomic E-state index is 10.5. The van der Waals surface area contributed by atoms with E-state index in [9.17, 15) is 4.79 Å². The van der Waals surface area contributed by atoms with E-state index in [4.69, 9.17) is 5.11 Å². The molecule has 0 amide bonds. The Morgan fingerprint density at radius 3 is 2.60 bits per heavy atom. The first kappa shape index (κ1) is 17.0. The van der Waals surface area contributed by atoms with Crippen molar-refractivity contribution >= 4 is 12.0 Å². The molecule has 3 rings (SSSR count). The van der Waals surface area contributed by atoms with Gasteiger partial charge in [-0.2, -0.15) is 0 Å². The van der Waals surface area contributed by atoms with Gasteiger partial charge in [0.25, 0.3) is 0 Å². The number of hydrogen-bond donors (Lipinski definition) is 2. The molecule has 0 unspecified atom stereocenters. The molecule has 126 valence electrons. The number of carbonyl (C=O) groups is 1. The van der Waals surface area contributed by atoms with Crippen LogP contribution in [-0.4, -0.2) is 17.6 Å². The first-order chi connectivity index (χ1) is 12.2. The molecule has 1 saturated carbocycles. The Morgan fingerprint density at radius 2 is 1.88 bits per heavy atom.